The van der Waals surface area contributed by atoms with Crippen molar-refractivity contribution in [2.45, 2.75) is 96.3 Å². The van der Waals surface area contributed by atoms with Gasteiger partial charge in [0.1, 0.15) is 18.5 Å². The minimum Gasteiger partial charge on any atom is -0.375 e. The van der Waals surface area contributed by atoms with Gasteiger partial charge in [-0.05, 0) is 56.3 Å². The average Bonchev–Trinajstić information content (AvgIpc) is 2.54. The molecule has 4 heteroatoms. The Kier molecular flexibility index (Phi) is 7.71. The largest absolute Gasteiger partial charge is 0.375 e. The molecule has 2 aliphatic carbocycles. The fourth-order valence-electron chi connectivity index (χ4n) is 4.28. The van der Waals surface area contributed by atoms with Crippen molar-refractivity contribution in [2.75, 3.05) is 6.61 Å². The normalized spacial score (nSPS) is 41.9. The fourth-order valence-corrected chi connectivity index (χ4v) is 4.28. The molecule has 0 amide bonds. The molecule has 0 aliphatic heterocycles. The van der Waals surface area contributed by atoms with Crippen LogP contribution in [0.4, 0.5) is 13.2 Å². The molecule has 0 aromatic rings. The van der Waals surface area contributed by atoms with Crippen molar-refractivity contribution in [1.82, 2.24) is 0 Å². The van der Waals surface area contributed by atoms with Gasteiger partial charge in [-0.3, -0.25) is 0 Å². The van der Waals surface area contributed by atoms with Crippen LogP contribution in [-0.2, 0) is 4.74 Å². The van der Waals surface area contributed by atoms with Gasteiger partial charge in [-0.25, -0.2) is 13.2 Å². The van der Waals surface area contributed by atoms with Crippen LogP contribution in [0, 0.1) is 17.8 Å². The van der Waals surface area contributed by atoms with Gasteiger partial charge in [-0.1, -0.05) is 33.1 Å². The zero-order valence-corrected chi connectivity index (χ0v) is 14.7. The molecular weight excluding hydrogens is 301 g/mol. The van der Waals surface area contributed by atoms with E-state index in [9.17, 15) is 13.2 Å². The molecule has 2 aliphatic rings. The first kappa shape index (κ1) is 19.1. The van der Waals surface area contributed by atoms with E-state index in [0.29, 0.717) is 25.9 Å². The highest BCUT2D eigenvalue weighted by molar-refractivity contribution is 4.93. The van der Waals surface area contributed by atoms with Crippen LogP contribution in [0.15, 0.2) is 0 Å². The molecule has 2 saturated carbocycles. The van der Waals surface area contributed by atoms with Gasteiger partial charge in [-0.2, -0.15) is 0 Å². The molecule has 7 unspecified atom stereocenters. The number of rotatable bonds is 7. The van der Waals surface area contributed by atoms with E-state index < -0.39 is 18.5 Å². The number of unbranched alkanes of at least 4 members (excludes halogenated alkanes) is 3. The lowest BCUT2D eigenvalue weighted by Crippen LogP contribution is -2.44. The second-order valence-electron chi connectivity index (χ2n) is 7.67. The molecule has 0 N–H and O–H groups in total. The minimum atomic E-state index is -1.41. The first-order valence-corrected chi connectivity index (χ1v) is 9.58. The van der Waals surface area contributed by atoms with E-state index in [-0.39, 0.29) is 23.9 Å². The summed E-state index contributed by atoms with van der Waals surface area (Å²) in [5.74, 6) is -0.527. The van der Waals surface area contributed by atoms with Crippen LogP contribution < -0.4 is 0 Å². The smallest absolute Gasteiger partial charge is 0.134 e. The Morgan fingerprint density at radius 1 is 0.913 bits per heavy atom. The Morgan fingerprint density at radius 3 is 2.39 bits per heavy atom. The lowest BCUT2D eigenvalue weighted by molar-refractivity contribution is -0.0646. The highest BCUT2D eigenvalue weighted by Crippen LogP contribution is 2.43. The summed E-state index contributed by atoms with van der Waals surface area (Å²) >= 11 is 0. The van der Waals surface area contributed by atoms with E-state index in [2.05, 4.69) is 6.92 Å². The molecular formula is C19H33F3O. The van der Waals surface area contributed by atoms with Gasteiger partial charge in [0.25, 0.3) is 0 Å². The summed E-state index contributed by atoms with van der Waals surface area (Å²) in [5, 5.41) is 0. The Labute approximate surface area is 139 Å². The van der Waals surface area contributed by atoms with Crippen molar-refractivity contribution in [2.24, 2.45) is 17.8 Å². The molecule has 2 rings (SSSR count). The van der Waals surface area contributed by atoms with Gasteiger partial charge in [0.2, 0.25) is 0 Å². The molecule has 136 valence electrons. The molecule has 0 saturated heterocycles. The monoisotopic (exact) mass is 334 g/mol. The fraction of sp³-hybridized carbons (Fsp3) is 1.00. The topological polar surface area (TPSA) is 9.23 Å². The van der Waals surface area contributed by atoms with Crippen molar-refractivity contribution in [3.63, 3.8) is 0 Å². The third kappa shape index (κ3) is 5.11. The molecule has 0 bridgehead atoms. The van der Waals surface area contributed by atoms with Gasteiger partial charge in [0.15, 0.2) is 0 Å². The van der Waals surface area contributed by atoms with Gasteiger partial charge >= 0.3 is 0 Å². The van der Waals surface area contributed by atoms with E-state index in [4.69, 9.17) is 4.74 Å². The molecule has 0 spiro atoms. The summed E-state index contributed by atoms with van der Waals surface area (Å²) < 4.78 is 48.3. The maximum absolute atomic E-state index is 14.4. The van der Waals surface area contributed by atoms with Crippen LogP contribution in [-0.4, -0.2) is 31.2 Å². The third-order valence-electron chi connectivity index (χ3n) is 5.90. The van der Waals surface area contributed by atoms with Crippen molar-refractivity contribution in [3.8, 4) is 0 Å². The summed E-state index contributed by atoms with van der Waals surface area (Å²) in [7, 11) is 0. The third-order valence-corrected chi connectivity index (χ3v) is 5.90. The lowest BCUT2D eigenvalue weighted by Gasteiger charge is -2.41. The predicted molar refractivity (Wildman–Crippen MR) is 87.8 cm³/mol. The van der Waals surface area contributed by atoms with Crippen molar-refractivity contribution < 1.29 is 17.9 Å². The molecule has 1 nitrogen and oxygen atoms in total. The van der Waals surface area contributed by atoms with E-state index in [1.807, 2.05) is 0 Å². The second-order valence-corrected chi connectivity index (χ2v) is 7.67. The Hall–Kier alpha value is -0.250. The standard InChI is InChI=1S/C19H33F3O/c1-3-4-5-6-11-23-17-10-8-14(12-16(17)20)15-9-7-13(2)18(21)19(15)22/h13-19H,3-12H2,1-2H3. The van der Waals surface area contributed by atoms with Crippen LogP contribution in [0.25, 0.3) is 0 Å². The quantitative estimate of drug-likeness (QED) is 0.534. The van der Waals surface area contributed by atoms with Crippen LogP contribution in [0.2, 0.25) is 0 Å². The number of alkyl halides is 3. The summed E-state index contributed by atoms with van der Waals surface area (Å²) in [6.07, 6.45) is 3.50. The van der Waals surface area contributed by atoms with E-state index in [0.717, 1.165) is 25.7 Å². The van der Waals surface area contributed by atoms with Crippen LogP contribution in [0.3, 0.4) is 0 Å². The molecule has 0 aromatic carbocycles. The number of hydrogen-bond acceptors (Lipinski definition) is 1. The first-order chi connectivity index (χ1) is 11.0. The van der Waals surface area contributed by atoms with Crippen LogP contribution in [0.1, 0.15) is 71.6 Å². The predicted octanol–water partition coefficient (Wildman–Crippen LogP) is 5.81. The summed E-state index contributed by atoms with van der Waals surface area (Å²) in [4.78, 5) is 0. The Balaban J connectivity index is 1.75. The summed E-state index contributed by atoms with van der Waals surface area (Å²) in [5.41, 5.74) is 0. The molecule has 23 heavy (non-hydrogen) atoms. The first-order valence-electron chi connectivity index (χ1n) is 9.58. The molecule has 0 aromatic heterocycles. The zero-order valence-electron chi connectivity index (χ0n) is 14.7. The second kappa shape index (κ2) is 9.29. The molecule has 7 atom stereocenters. The highest BCUT2D eigenvalue weighted by Gasteiger charge is 2.44. The number of halogens is 3. The van der Waals surface area contributed by atoms with Gasteiger partial charge in [0.05, 0.1) is 6.10 Å². The number of ether oxygens (including phenoxy) is 1. The van der Waals surface area contributed by atoms with Crippen molar-refractivity contribution >= 4 is 0 Å². The maximum atomic E-state index is 14.4. The minimum absolute atomic E-state index is 0.0225. The van der Waals surface area contributed by atoms with E-state index >= 15 is 0 Å². The Morgan fingerprint density at radius 2 is 1.70 bits per heavy atom. The van der Waals surface area contributed by atoms with Crippen LogP contribution >= 0.6 is 0 Å². The summed E-state index contributed by atoms with van der Waals surface area (Å²) in [6.45, 7) is 4.55. The average molecular weight is 334 g/mol. The highest BCUT2D eigenvalue weighted by atomic mass is 19.2. The van der Waals surface area contributed by atoms with Crippen molar-refractivity contribution in [3.05, 3.63) is 0 Å². The maximum Gasteiger partial charge on any atom is 0.134 e. The van der Waals surface area contributed by atoms with E-state index in [1.165, 1.54) is 12.8 Å². The van der Waals surface area contributed by atoms with Gasteiger partial charge in [-0.15, -0.1) is 0 Å². The molecule has 0 radical (unpaired) electrons. The summed E-state index contributed by atoms with van der Waals surface area (Å²) in [6, 6.07) is 0. The van der Waals surface area contributed by atoms with Gasteiger partial charge < -0.3 is 4.74 Å². The lowest BCUT2D eigenvalue weighted by atomic mass is 9.69. The molecule has 2 fully saturated rings. The molecule has 0 heterocycles. The Bertz CT molecular complexity index is 339. The van der Waals surface area contributed by atoms with Crippen molar-refractivity contribution in [1.29, 1.82) is 0 Å². The SMILES string of the molecule is CCCCCCOC1CCC(C2CCC(C)C(F)C2F)CC1F. The zero-order chi connectivity index (χ0) is 16.8. The number of hydrogen-bond donors (Lipinski definition) is 0. The van der Waals surface area contributed by atoms with E-state index in [1.54, 1.807) is 6.92 Å². The van der Waals surface area contributed by atoms with Gasteiger partial charge in [0, 0.05) is 6.61 Å². The van der Waals surface area contributed by atoms with Crippen LogP contribution in [0.5, 0.6) is 0 Å².